The van der Waals surface area contributed by atoms with Crippen LogP contribution in [0.15, 0.2) is 10.5 Å². The number of furan rings is 1. The monoisotopic (exact) mass is 305 g/mol. The third kappa shape index (κ3) is 2.32. The van der Waals surface area contributed by atoms with E-state index < -0.39 is 12.0 Å². The Morgan fingerprint density at radius 1 is 1.36 bits per heavy atom. The third-order valence-corrected chi connectivity index (χ3v) is 5.14. The quantitative estimate of drug-likeness (QED) is 0.931. The van der Waals surface area contributed by atoms with Crippen LogP contribution in [0, 0.1) is 18.8 Å². The van der Waals surface area contributed by atoms with Gasteiger partial charge >= 0.3 is 5.97 Å². The molecule has 0 radical (unpaired) electrons. The van der Waals surface area contributed by atoms with E-state index >= 15 is 0 Å². The summed E-state index contributed by atoms with van der Waals surface area (Å²) in [6.45, 7) is 6.34. The van der Waals surface area contributed by atoms with E-state index in [-0.39, 0.29) is 17.7 Å². The fourth-order valence-corrected chi connectivity index (χ4v) is 3.99. The van der Waals surface area contributed by atoms with Crippen molar-refractivity contribution < 1.29 is 19.1 Å². The highest BCUT2D eigenvalue weighted by atomic mass is 16.4. The van der Waals surface area contributed by atoms with Crippen molar-refractivity contribution in [1.29, 1.82) is 0 Å². The van der Waals surface area contributed by atoms with Crippen LogP contribution in [0.25, 0.3) is 0 Å². The van der Waals surface area contributed by atoms with Gasteiger partial charge in [0.25, 0.3) is 5.91 Å². The number of carboxylic acids is 1. The molecule has 1 aromatic heterocycles. The zero-order valence-electron chi connectivity index (χ0n) is 13.3. The van der Waals surface area contributed by atoms with Gasteiger partial charge in [0.1, 0.15) is 17.6 Å². The molecule has 5 nitrogen and oxygen atoms in total. The largest absolute Gasteiger partial charge is 0.480 e. The lowest BCUT2D eigenvalue weighted by Crippen LogP contribution is -2.43. The average Bonchev–Trinajstić information content (AvgIpc) is 3.09. The number of carbonyl (C=O) groups is 2. The topological polar surface area (TPSA) is 70.8 Å². The summed E-state index contributed by atoms with van der Waals surface area (Å²) in [4.78, 5) is 26.1. The van der Waals surface area contributed by atoms with Crippen LogP contribution in [-0.4, -0.2) is 34.5 Å². The van der Waals surface area contributed by atoms with Crippen LogP contribution in [-0.2, 0) is 4.79 Å². The molecule has 0 aromatic carbocycles. The minimum absolute atomic E-state index is 0.109. The van der Waals surface area contributed by atoms with Crippen molar-refractivity contribution >= 4 is 11.9 Å². The SMILES string of the molecule is Cc1oc(C(C)C)cc1C(=O)N1C[C@@H]2CCC[C@H]2[C@@H]1C(=O)O. The normalized spacial score (nSPS) is 27.5. The first kappa shape index (κ1) is 15.1. The Labute approximate surface area is 130 Å². The van der Waals surface area contributed by atoms with Crippen LogP contribution in [0.2, 0.25) is 0 Å². The van der Waals surface area contributed by atoms with E-state index in [9.17, 15) is 14.7 Å². The summed E-state index contributed by atoms with van der Waals surface area (Å²) >= 11 is 0. The Kier molecular flexibility index (Phi) is 3.75. The Balaban J connectivity index is 1.89. The van der Waals surface area contributed by atoms with Gasteiger partial charge in [-0.1, -0.05) is 20.3 Å². The third-order valence-electron chi connectivity index (χ3n) is 5.14. The molecule has 5 heteroatoms. The summed E-state index contributed by atoms with van der Waals surface area (Å²) in [5, 5.41) is 9.57. The van der Waals surface area contributed by atoms with Gasteiger partial charge in [0.05, 0.1) is 5.56 Å². The van der Waals surface area contributed by atoms with Crippen LogP contribution in [0.4, 0.5) is 0 Å². The van der Waals surface area contributed by atoms with E-state index in [1.54, 1.807) is 17.9 Å². The maximum atomic E-state index is 12.9. The van der Waals surface area contributed by atoms with Crippen LogP contribution >= 0.6 is 0 Å². The minimum Gasteiger partial charge on any atom is -0.480 e. The smallest absolute Gasteiger partial charge is 0.326 e. The Hall–Kier alpha value is -1.78. The highest BCUT2D eigenvalue weighted by Crippen LogP contribution is 2.43. The molecule has 1 saturated carbocycles. The molecular formula is C17H23NO4. The lowest BCUT2D eigenvalue weighted by molar-refractivity contribution is -0.142. The van der Waals surface area contributed by atoms with Crippen molar-refractivity contribution in [2.75, 3.05) is 6.54 Å². The molecule has 0 spiro atoms. The predicted octanol–water partition coefficient (Wildman–Crippen LogP) is 3.04. The summed E-state index contributed by atoms with van der Waals surface area (Å²) in [5.41, 5.74) is 0.509. The van der Waals surface area contributed by atoms with Crippen molar-refractivity contribution in [3.8, 4) is 0 Å². The van der Waals surface area contributed by atoms with Crippen molar-refractivity contribution in [2.45, 2.75) is 52.0 Å². The number of hydrogen-bond donors (Lipinski definition) is 1. The first-order chi connectivity index (χ1) is 10.4. The standard InChI is InChI=1S/C17H23NO4/c1-9(2)14-7-13(10(3)22-14)16(19)18-8-11-5-4-6-12(11)15(18)17(20)21/h7,9,11-12,15H,4-6,8H2,1-3H3,(H,20,21)/t11-,12+,15+/m0/s1. The van der Waals surface area contributed by atoms with Crippen molar-refractivity contribution in [1.82, 2.24) is 4.90 Å². The van der Waals surface area contributed by atoms with E-state index in [1.807, 2.05) is 13.8 Å². The second-order valence-electron chi connectivity index (χ2n) is 6.87. The molecule has 2 fully saturated rings. The van der Waals surface area contributed by atoms with Crippen LogP contribution in [0.5, 0.6) is 0 Å². The molecule has 2 heterocycles. The van der Waals surface area contributed by atoms with Gasteiger partial charge < -0.3 is 14.4 Å². The zero-order valence-corrected chi connectivity index (χ0v) is 13.3. The number of rotatable bonds is 3. The van der Waals surface area contributed by atoms with Gasteiger partial charge in [0, 0.05) is 12.5 Å². The number of carbonyl (C=O) groups excluding carboxylic acids is 1. The number of likely N-dealkylation sites (tertiary alicyclic amines) is 1. The molecule has 1 saturated heterocycles. The van der Waals surface area contributed by atoms with Crippen molar-refractivity contribution in [2.24, 2.45) is 11.8 Å². The molecule has 1 aliphatic carbocycles. The number of fused-ring (bicyclic) bond motifs is 1. The summed E-state index contributed by atoms with van der Waals surface area (Å²) < 4.78 is 5.65. The van der Waals surface area contributed by atoms with Gasteiger partial charge in [-0.05, 0) is 37.7 Å². The minimum atomic E-state index is -0.881. The summed E-state index contributed by atoms with van der Waals surface area (Å²) in [6, 6.07) is 1.09. The molecule has 22 heavy (non-hydrogen) atoms. The van der Waals surface area contributed by atoms with Gasteiger partial charge in [-0.15, -0.1) is 0 Å². The van der Waals surface area contributed by atoms with Gasteiger partial charge in [-0.2, -0.15) is 0 Å². The molecule has 3 rings (SSSR count). The Morgan fingerprint density at radius 2 is 2.09 bits per heavy atom. The lowest BCUT2D eigenvalue weighted by Gasteiger charge is -2.24. The number of carboxylic acid groups (broad SMARTS) is 1. The molecule has 3 atom stereocenters. The first-order valence-electron chi connectivity index (χ1n) is 8.04. The number of amides is 1. The van der Waals surface area contributed by atoms with Crippen molar-refractivity contribution in [3.05, 3.63) is 23.2 Å². The number of aliphatic carboxylic acids is 1. The van der Waals surface area contributed by atoms with Gasteiger partial charge in [-0.3, -0.25) is 4.79 Å². The van der Waals surface area contributed by atoms with E-state index in [0.29, 0.717) is 23.8 Å². The number of aryl methyl sites for hydroxylation is 1. The first-order valence-corrected chi connectivity index (χ1v) is 8.04. The maximum absolute atomic E-state index is 12.9. The van der Waals surface area contributed by atoms with E-state index in [4.69, 9.17) is 4.42 Å². The molecule has 1 N–H and O–H groups in total. The molecule has 2 aliphatic rings. The van der Waals surface area contributed by atoms with E-state index in [0.717, 1.165) is 25.0 Å². The zero-order chi connectivity index (χ0) is 16.0. The fraction of sp³-hybridized carbons (Fsp3) is 0.647. The van der Waals surface area contributed by atoms with E-state index in [1.165, 1.54) is 0 Å². The predicted molar refractivity (Wildman–Crippen MR) is 80.8 cm³/mol. The number of hydrogen-bond acceptors (Lipinski definition) is 3. The molecule has 1 aromatic rings. The van der Waals surface area contributed by atoms with Crippen LogP contribution < -0.4 is 0 Å². The summed E-state index contributed by atoms with van der Waals surface area (Å²) in [7, 11) is 0. The molecular weight excluding hydrogens is 282 g/mol. The second kappa shape index (κ2) is 5.45. The molecule has 1 aliphatic heterocycles. The maximum Gasteiger partial charge on any atom is 0.326 e. The Bertz CT molecular complexity index is 604. The van der Waals surface area contributed by atoms with Gasteiger partial charge in [0.15, 0.2) is 0 Å². The molecule has 0 bridgehead atoms. The van der Waals surface area contributed by atoms with Crippen LogP contribution in [0.3, 0.4) is 0 Å². The van der Waals surface area contributed by atoms with Crippen LogP contribution in [0.1, 0.15) is 60.9 Å². The lowest BCUT2D eigenvalue weighted by atomic mass is 9.94. The van der Waals surface area contributed by atoms with Crippen molar-refractivity contribution in [3.63, 3.8) is 0 Å². The molecule has 120 valence electrons. The highest BCUT2D eigenvalue weighted by Gasteiger charge is 2.50. The molecule has 1 amide bonds. The highest BCUT2D eigenvalue weighted by molar-refractivity contribution is 5.98. The van der Waals surface area contributed by atoms with Gasteiger partial charge in [-0.25, -0.2) is 4.79 Å². The fourth-order valence-electron chi connectivity index (χ4n) is 3.99. The Morgan fingerprint density at radius 3 is 2.68 bits per heavy atom. The van der Waals surface area contributed by atoms with E-state index in [2.05, 4.69) is 0 Å². The van der Waals surface area contributed by atoms with Gasteiger partial charge in [0.2, 0.25) is 0 Å². The number of nitrogens with zero attached hydrogens (tertiary/aromatic N) is 1. The average molecular weight is 305 g/mol. The summed E-state index contributed by atoms with van der Waals surface area (Å²) in [6.07, 6.45) is 3.01. The summed E-state index contributed by atoms with van der Waals surface area (Å²) in [5.74, 6) is 0.915. The molecule has 0 unspecified atom stereocenters. The second-order valence-corrected chi connectivity index (χ2v) is 6.87.